The molecule has 1 rings (SSSR count). The molecular formula is C14H18F3NO7S. The Morgan fingerprint density at radius 3 is 2.38 bits per heavy atom. The fourth-order valence-electron chi connectivity index (χ4n) is 1.71. The second kappa shape index (κ2) is 9.71. The number of alkyl halides is 3. The summed E-state index contributed by atoms with van der Waals surface area (Å²) >= 11 is 0. The molecule has 0 saturated heterocycles. The molecule has 0 fully saturated rings. The van der Waals surface area contributed by atoms with Gasteiger partial charge in [-0.2, -0.15) is 21.6 Å². The standard InChI is InChI=1S/C14H18F3NO7S/c15-14(16,17)26(22,23)18-13(21)11-6-10(9-24-5-3-20)7-12(8-11)25-4-1-2-19/h6-8,19-20H,1-5,9H2,(H,18,21). The SMILES string of the molecule is O=C(NS(=O)(=O)C(F)(F)F)c1cc(COCCO)cc(OCCCO)c1. The minimum Gasteiger partial charge on any atom is -0.493 e. The van der Waals surface area contributed by atoms with Gasteiger partial charge in [0.15, 0.2) is 0 Å². The quantitative estimate of drug-likeness (QED) is 0.489. The molecule has 0 bridgehead atoms. The van der Waals surface area contributed by atoms with Crippen LogP contribution in [0, 0.1) is 0 Å². The zero-order valence-corrected chi connectivity index (χ0v) is 14.3. The molecule has 0 heterocycles. The fraction of sp³-hybridized carbons (Fsp3) is 0.500. The number of amides is 1. The molecule has 0 saturated carbocycles. The first kappa shape index (κ1) is 22.2. The molecule has 8 nitrogen and oxygen atoms in total. The van der Waals surface area contributed by atoms with E-state index in [1.165, 1.54) is 6.07 Å². The van der Waals surface area contributed by atoms with E-state index in [1.54, 1.807) is 0 Å². The van der Waals surface area contributed by atoms with Gasteiger partial charge in [0.05, 0.1) is 26.4 Å². The number of carbonyl (C=O) groups excluding carboxylic acids is 1. The monoisotopic (exact) mass is 401 g/mol. The van der Waals surface area contributed by atoms with Crippen LogP contribution in [0.5, 0.6) is 5.75 Å². The topological polar surface area (TPSA) is 122 Å². The summed E-state index contributed by atoms with van der Waals surface area (Å²) in [5, 5.41) is 17.4. The van der Waals surface area contributed by atoms with Crippen molar-refractivity contribution in [3.05, 3.63) is 29.3 Å². The van der Waals surface area contributed by atoms with Crippen LogP contribution in [0.3, 0.4) is 0 Å². The largest absolute Gasteiger partial charge is 0.516 e. The normalized spacial score (nSPS) is 12.0. The van der Waals surface area contributed by atoms with E-state index >= 15 is 0 Å². The Bertz CT molecular complexity index is 679. The highest BCUT2D eigenvalue weighted by Crippen LogP contribution is 2.23. The molecule has 0 radical (unpaired) electrons. The molecule has 0 aliphatic heterocycles. The molecule has 0 aromatic heterocycles. The Balaban J connectivity index is 3.04. The summed E-state index contributed by atoms with van der Waals surface area (Å²) in [5.41, 5.74) is -5.71. The van der Waals surface area contributed by atoms with Crippen molar-refractivity contribution in [2.75, 3.05) is 26.4 Å². The highest BCUT2D eigenvalue weighted by Gasteiger charge is 2.47. The Morgan fingerprint density at radius 2 is 1.81 bits per heavy atom. The molecule has 0 atom stereocenters. The summed E-state index contributed by atoms with van der Waals surface area (Å²) in [7, 11) is -5.85. The molecule has 1 aromatic rings. The van der Waals surface area contributed by atoms with Crippen molar-refractivity contribution >= 4 is 15.9 Å². The summed E-state index contributed by atoms with van der Waals surface area (Å²) in [6, 6.07) is 3.63. The first-order valence-corrected chi connectivity index (χ1v) is 8.78. The van der Waals surface area contributed by atoms with Gasteiger partial charge in [0.2, 0.25) is 0 Å². The van der Waals surface area contributed by atoms with Crippen LogP contribution < -0.4 is 9.46 Å². The van der Waals surface area contributed by atoms with Crippen LogP contribution in [0.1, 0.15) is 22.3 Å². The molecule has 0 aliphatic carbocycles. The lowest BCUT2D eigenvalue weighted by atomic mass is 10.1. The number of ether oxygens (including phenoxy) is 2. The fourth-order valence-corrected chi connectivity index (χ4v) is 2.18. The first-order valence-electron chi connectivity index (χ1n) is 7.30. The number of rotatable bonds is 10. The maximum Gasteiger partial charge on any atom is 0.516 e. The second-order valence-electron chi connectivity index (χ2n) is 4.95. The van der Waals surface area contributed by atoms with Gasteiger partial charge in [0, 0.05) is 18.6 Å². The summed E-state index contributed by atoms with van der Waals surface area (Å²) in [4.78, 5) is 11.9. The molecule has 0 aliphatic rings. The van der Waals surface area contributed by atoms with Gasteiger partial charge in [-0.1, -0.05) is 0 Å². The highest BCUT2D eigenvalue weighted by molar-refractivity contribution is 7.90. The molecule has 0 unspecified atom stereocenters. The number of hydrogen-bond acceptors (Lipinski definition) is 7. The minimum atomic E-state index is -5.85. The summed E-state index contributed by atoms with van der Waals surface area (Å²) in [6.07, 6.45) is 0.273. The molecule has 3 N–H and O–H groups in total. The number of benzene rings is 1. The average molecular weight is 401 g/mol. The van der Waals surface area contributed by atoms with E-state index in [2.05, 4.69) is 0 Å². The van der Waals surface area contributed by atoms with Crippen molar-refractivity contribution in [2.45, 2.75) is 18.5 Å². The van der Waals surface area contributed by atoms with Crippen molar-refractivity contribution in [1.82, 2.24) is 4.72 Å². The predicted octanol–water partition coefficient (Wildman–Crippen LogP) is 0.536. The number of carbonyl (C=O) groups is 1. The third kappa shape index (κ3) is 6.78. The van der Waals surface area contributed by atoms with E-state index in [9.17, 15) is 26.4 Å². The minimum absolute atomic E-state index is 0.0143. The van der Waals surface area contributed by atoms with Crippen molar-refractivity contribution in [3.8, 4) is 5.75 Å². The Morgan fingerprint density at radius 1 is 1.12 bits per heavy atom. The van der Waals surface area contributed by atoms with Crippen molar-refractivity contribution in [2.24, 2.45) is 0 Å². The van der Waals surface area contributed by atoms with Gasteiger partial charge in [-0.15, -0.1) is 0 Å². The molecule has 12 heteroatoms. The van der Waals surface area contributed by atoms with E-state index in [-0.39, 0.29) is 50.8 Å². The summed E-state index contributed by atoms with van der Waals surface area (Å²) in [5.74, 6) is -1.41. The Labute approximate surface area is 147 Å². The van der Waals surface area contributed by atoms with Gasteiger partial charge in [-0.3, -0.25) is 4.79 Å². The van der Waals surface area contributed by atoms with Gasteiger partial charge >= 0.3 is 15.5 Å². The summed E-state index contributed by atoms with van der Waals surface area (Å²) < 4.78 is 70.5. The van der Waals surface area contributed by atoms with Crippen molar-refractivity contribution < 1.29 is 46.1 Å². The molecule has 26 heavy (non-hydrogen) atoms. The Hall–Kier alpha value is -1.89. The lowest BCUT2D eigenvalue weighted by Crippen LogP contribution is -2.40. The van der Waals surface area contributed by atoms with E-state index < -0.39 is 21.4 Å². The van der Waals surface area contributed by atoms with Crippen LogP contribution in [-0.4, -0.2) is 56.5 Å². The number of halogens is 3. The van der Waals surface area contributed by atoms with E-state index in [1.807, 2.05) is 0 Å². The Kier molecular flexibility index (Phi) is 8.27. The van der Waals surface area contributed by atoms with Gasteiger partial charge in [0.1, 0.15) is 5.75 Å². The third-order valence-corrected chi connectivity index (χ3v) is 3.90. The average Bonchev–Trinajstić information content (AvgIpc) is 2.54. The predicted molar refractivity (Wildman–Crippen MR) is 82.8 cm³/mol. The number of aliphatic hydroxyl groups excluding tert-OH is 2. The lowest BCUT2D eigenvalue weighted by Gasteiger charge is -2.13. The van der Waals surface area contributed by atoms with Gasteiger partial charge in [0.25, 0.3) is 5.91 Å². The van der Waals surface area contributed by atoms with Crippen LogP contribution in [0.15, 0.2) is 18.2 Å². The van der Waals surface area contributed by atoms with Crippen LogP contribution in [-0.2, 0) is 21.4 Å². The van der Waals surface area contributed by atoms with E-state index in [4.69, 9.17) is 19.7 Å². The maximum absolute atomic E-state index is 12.4. The zero-order valence-electron chi connectivity index (χ0n) is 13.5. The van der Waals surface area contributed by atoms with E-state index in [0.717, 1.165) is 16.9 Å². The first-order chi connectivity index (χ1) is 12.1. The molecule has 1 aromatic carbocycles. The number of nitrogens with one attached hydrogen (secondary N) is 1. The zero-order chi connectivity index (χ0) is 19.8. The van der Waals surface area contributed by atoms with Crippen LogP contribution >= 0.6 is 0 Å². The maximum atomic E-state index is 12.4. The van der Waals surface area contributed by atoms with E-state index in [0.29, 0.717) is 5.56 Å². The smallest absolute Gasteiger partial charge is 0.493 e. The lowest BCUT2D eigenvalue weighted by molar-refractivity contribution is -0.0446. The van der Waals surface area contributed by atoms with Crippen molar-refractivity contribution in [1.29, 1.82) is 0 Å². The molecule has 0 spiro atoms. The van der Waals surface area contributed by atoms with Crippen LogP contribution in [0.2, 0.25) is 0 Å². The molecule has 148 valence electrons. The highest BCUT2D eigenvalue weighted by atomic mass is 32.2. The van der Waals surface area contributed by atoms with Crippen LogP contribution in [0.25, 0.3) is 0 Å². The van der Waals surface area contributed by atoms with Gasteiger partial charge in [-0.05, 0) is 23.8 Å². The van der Waals surface area contributed by atoms with Crippen LogP contribution in [0.4, 0.5) is 13.2 Å². The molecular weight excluding hydrogens is 383 g/mol. The van der Waals surface area contributed by atoms with Gasteiger partial charge in [-0.25, -0.2) is 4.72 Å². The second-order valence-corrected chi connectivity index (χ2v) is 6.62. The van der Waals surface area contributed by atoms with Crippen molar-refractivity contribution in [3.63, 3.8) is 0 Å². The van der Waals surface area contributed by atoms with Gasteiger partial charge < -0.3 is 19.7 Å². The number of sulfonamides is 1. The number of aliphatic hydroxyl groups is 2. The summed E-state index contributed by atoms with van der Waals surface area (Å²) in [6.45, 7) is -0.455. The number of hydrogen-bond donors (Lipinski definition) is 3. The molecule has 1 amide bonds. The third-order valence-electron chi connectivity index (χ3n) is 2.84.